The summed E-state index contributed by atoms with van der Waals surface area (Å²) in [5.41, 5.74) is 2.61. The van der Waals surface area contributed by atoms with Crippen LogP contribution in [-0.4, -0.2) is 33.2 Å². The minimum atomic E-state index is -1.42. The summed E-state index contributed by atoms with van der Waals surface area (Å²) in [5, 5.41) is 22.4. The Bertz CT molecular complexity index is 1200. The lowest BCUT2D eigenvalue weighted by Crippen LogP contribution is -2.43. The Morgan fingerprint density at radius 3 is 2.17 bits per heavy atom. The molecule has 0 fully saturated rings. The number of anilines is 1. The summed E-state index contributed by atoms with van der Waals surface area (Å²) in [6.45, 7) is 9.53. The van der Waals surface area contributed by atoms with Crippen LogP contribution in [0.25, 0.3) is 0 Å². The number of aliphatic hydroxyl groups is 1. The molecule has 192 valence electrons. The zero-order chi connectivity index (χ0) is 26.6. The lowest BCUT2D eigenvalue weighted by atomic mass is 9.86. The van der Waals surface area contributed by atoms with Crippen molar-refractivity contribution in [3.8, 4) is 0 Å². The highest BCUT2D eigenvalue weighted by Crippen LogP contribution is 2.25. The van der Waals surface area contributed by atoms with Gasteiger partial charge in [-0.25, -0.2) is 8.78 Å². The quantitative estimate of drug-likeness (QED) is 0.367. The molecule has 4 N–H and O–H groups in total. The molecular weight excluding hydrogens is 466 g/mol. The molecule has 3 atom stereocenters. The van der Waals surface area contributed by atoms with Crippen LogP contribution in [0, 0.1) is 11.6 Å². The van der Waals surface area contributed by atoms with Gasteiger partial charge in [0.2, 0.25) is 5.91 Å². The smallest absolute Gasteiger partial charge is 0.254 e. The first-order valence-corrected chi connectivity index (χ1v) is 11.7. The Morgan fingerprint density at radius 2 is 1.58 bits per heavy atom. The van der Waals surface area contributed by atoms with E-state index in [2.05, 4.69) is 41.6 Å². The van der Waals surface area contributed by atoms with Gasteiger partial charge in [0.15, 0.2) is 11.9 Å². The molecular formula is C27H32F2N4O3. The molecule has 0 radical (unpaired) electrons. The average Bonchev–Trinajstić information content (AvgIpc) is 3.23. The summed E-state index contributed by atoms with van der Waals surface area (Å²) in [5.74, 6) is -2.45. The Hall–Kier alpha value is -3.59. The maximum absolute atomic E-state index is 13.5. The van der Waals surface area contributed by atoms with E-state index in [-0.39, 0.29) is 17.2 Å². The maximum Gasteiger partial charge on any atom is 0.254 e. The first-order chi connectivity index (χ1) is 16.8. The average molecular weight is 499 g/mol. The second-order valence-electron chi connectivity index (χ2n) is 10.1. The number of H-pyrrole nitrogens is 1. The number of hydrogen-bond donors (Lipinski definition) is 4. The van der Waals surface area contributed by atoms with Crippen molar-refractivity contribution in [2.45, 2.75) is 64.5 Å². The Balaban J connectivity index is 1.54. The predicted molar refractivity (Wildman–Crippen MR) is 133 cm³/mol. The van der Waals surface area contributed by atoms with Crippen LogP contribution in [0.3, 0.4) is 0 Å². The predicted octanol–water partition coefficient (Wildman–Crippen LogP) is 4.51. The number of carbonyl (C=O) groups is 2. The third-order valence-corrected chi connectivity index (χ3v) is 5.96. The molecule has 36 heavy (non-hydrogen) atoms. The highest BCUT2D eigenvalue weighted by atomic mass is 19.1. The molecule has 0 aliphatic heterocycles. The molecule has 9 heteroatoms. The van der Waals surface area contributed by atoms with Gasteiger partial charge in [-0.1, -0.05) is 52.0 Å². The summed E-state index contributed by atoms with van der Waals surface area (Å²) >= 11 is 0. The number of halogens is 2. The van der Waals surface area contributed by atoms with Crippen LogP contribution < -0.4 is 10.6 Å². The van der Waals surface area contributed by atoms with Crippen molar-refractivity contribution < 1.29 is 23.5 Å². The highest BCUT2D eigenvalue weighted by Gasteiger charge is 2.24. The number of rotatable bonds is 8. The minimum Gasteiger partial charge on any atom is -0.378 e. The molecule has 2 amide bonds. The first-order valence-electron chi connectivity index (χ1n) is 11.7. The van der Waals surface area contributed by atoms with Crippen molar-refractivity contribution in [1.82, 2.24) is 15.5 Å². The van der Waals surface area contributed by atoms with E-state index in [1.54, 1.807) is 18.2 Å². The number of nitrogens with one attached hydrogen (secondary N) is 3. The first kappa shape index (κ1) is 27.0. The zero-order valence-electron chi connectivity index (χ0n) is 21.0. The Morgan fingerprint density at radius 1 is 0.972 bits per heavy atom. The number of carbonyl (C=O) groups excluding carboxylic acids is 2. The van der Waals surface area contributed by atoms with Gasteiger partial charge < -0.3 is 15.7 Å². The van der Waals surface area contributed by atoms with Crippen LogP contribution in [0.5, 0.6) is 0 Å². The van der Waals surface area contributed by atoms with Crippen molar-refractivity contribution in [3.05, 3.63) is 82.5 Å². The van der Waals surface area contributed by atoms with E-state index in [1.165, 1.54) is 19.1 Å². The second kappa shape index (κ2) is 11.0. The van der Waals surface area contributed by atoms with E-state index >= 15 is 0 Å². The molecule has 0 saturated carbocycles. The fourth-order valence-corrected chi connectivity index (χ4v) is 3.75. The van der Waals surface area contributed by atoms with Crippen molar-refractivity contribution in [2.24, 2.45) is 0 Å². The second-order valence-corrected chi connectivity index (χ2v) is 10.1. The van der Waals surface area contributed by atoms with Crippen molar-refractivity contribution in [3.63, 3.8) is 0 Å². The Labute approximate surface area is 209 Å². The molecule has 0 bridgehead atoms. The number of aromatic nitrogens is 2. The van der Waals surface area contributed by atoms with Crippen molar-refractivity contribution in [2.75, 3.05) is 5.32 Å². The lowest BCUT2D eigenvalue weighted by molar-refractivity contribution is -0.132. The summed E-state index contributed by atoms with van der Waals surface area (Å²) in [7, 11) is 0. The SMILES string of the molecule is CC(NC(=O)C(O)c1ccc(C(C)(C)C)cc1)C(=O)Nc1cc(CC(C)c2cc(F)cc(F)c2)[nH]n1. The van der Waals surface area contributed by atoms with Crippen LogP contribution in [-0.2, 0) is 21.4 Å². The highest BCUT2D eigenvalue weighted by molar-refractivity contribution is 5.97. The molecule has 1 aromatic heterocycles. The minimum absolute atomic E-state index is 0.0557. The third-order valence-electron chi connectivity index (χ3n) is 5.96. The molecule has 7 nitrogen and oxygen atoms in total. The van der Waals surface area contributed by atoms with Gasteiger partial charge in [0.05, 0.1) is 0 Å². The van der Waals surface area contributed by atoms with Gasteiger partial charge in [0.1, 0.15) is 17.7 Å². The van der Waals surface area contributed by atoms with Crippen LogP contribution in [0.1, 0.15) is 69.0 Å². The van der Waals surface area contributed by atoms with E-state index in [4.69, 9.17) is 0 Å². The van der Waals surface area contributed by atoms with Gasteiger partial charge >= 0.3 is 0 Å². The van der Waals surface area contributed by atoms with Crippen molar-refractivity contribution in [1.29, 1.82) is 0 Å². The summed E-state index contributed by atoms with van der Waals surface area (Å²) in [6.07, 6.45) is -1.00. The largest absolute Gasteiger partial charge is 0.378 e. The van der Waals surface area contributed by atoms with Gasteiger partial charge in [-0.3, -0.25) is 14.7 Å². The van der Waals surface area contributed by atoms with Crippen molar-refractivity contribution >= 4 is 17.6 Å². The summed E-state index contributed by atoms with van der Waals surface area (Å²) < 4.78 is 27.0. The number of amides is 2. The standard InChI is InChI=1S/C27H32F2N4O3/c1-15(18-11-20(28)13-21(29)12-18)10-22-14-23(33-32-22)31-25(35)16(2)30-26(36)24(34)17-6-8-19(9-7-17)27(3,4)5/h6-9,11-16,24,34H,10H2,1-5H3,(H,30,36)(H2,31,32,33,35). The number of nitrogens with zero attached hydrogens (tertiary/aromatic N) is 1. The van der Waals surface area contributed by atoms with Crippen LogP contribution >= 0.6 is 0 Å². The number of benzene rings is 2. The molecule has 2 aromatic carbocycles. The summed E-state index contributed by atoms with van der Waals surface area (Å²) in [6, 6.07) is 11.2. The van der Waals surface area contributed by atoms with Gasteiger partial charge in [-0.05, 0) is 53.5 Å². The van der Waals surface area contributed by atoms with E-state index in [1.807, 2.05) is 19.1 Å². The van der Waals surface area contributed by atoms with E-state index in [9.17, 15) is 23.5 Å². The number of aliphatic hydroxyl groups excluding tert-OH is 1. The van der Waals surface area contributed by atoms with Crippen LogP contribution in [0.15, 0.2) is 48.5 Å². The fourth-order valence-electron chi connectivity index (χ4n) is 3.75. The maximum atomic E-state index is 13.5. The van der Waals surface area contributed by atoms with Gasteiger partial charge in [-0.15, -0.1) is 0 Å². The number of aromatic amines is 1. The monoisotopic (exact) mass is 498 g/mol. The Kier molecular flexibility index (Phi) is 8.24. The van der Waals surface area contributed by atoms with Gasteiger partial charge in [0, 0.05) is 17.8 Å². The molecule has 0 spiro atoms. The van der Waals surface area contributed by atoms with Crippen LogP contribution in [0.4, 0.5) is 14.6 Å². The van der Waals surface area contributed by atoms with Gasteiger partial charge in [0.25, 0.3) is 5.91 Å². The van der Waals surface area contributed by atoms with Crippen LogP contribution in [0.2, 0.25) is 0 Å². The van der Waals surface area contributed by atoms with E-state index in [0.29, 0.717) is 23.2 Å². The molecule has 0 aliphatic carbocycles. The normalized spacial score (nSPS) is 14.1. The summed E-state index contributed by atoms with van der Waals surface area (Å²) in [4.78, 5) is 25.0. The molecule has 0 saturated heterocycles. The molecule has 3 rings (SSSR count). The molecule has 0 aliphatic rings. The van der Waals surface area contributed by atoms with E-state index < -0.39 is 35.6 Å². The topological polar surface area (TPSA) is 107 Å². The van der Waals surface area contributed by atoms with Gasteiger partial charge in [-0.2, -0.15) is 5.10 Å². The molecule has 3 unspecified atom stereocenters. The van der Waals surface area contributed by atoms with E-state index in [0.717, 1.165) is 11.6 Å². The molecule has 3 aromatic rings. The zero-order valence-corrected chi connectivity index (χ0v) is 21.0. The lowest BCUT2D eigenvalue weighted by Gasteiger charge is -2.20. The number of hydrogen-bond acceptors (Lipinski definition) is 4. The third kappa shape index (κ3) is 6.97. The molecule has 1 heterocycles. The fraction of sp³-hybridized carbons (Fsp3) is 0.370.